The number of pyridine rings is 2. The maximum Gasteiger partial charge on any atom is 0.0603 e. The first kappa shape index (κ1) is 42.9. The van der Waals surface area contributed by atoms with Crippen LogP contribution in [-0.4, -0.2) is 22.2 Å². The quantitative estimate of drug-likeness (QED) is 0.0818. The fourth-order valence-corrected chi connectivity index (χ4v) is 5.61. The third-order valence-electron chi connectivity index (χ3n) is 8.44. The van der Waals surface area contributed by atoms with E-state index in [4.69, 9.17) is 9.98 Å². The topological polar surface area (TPSA) is 34.6 Å². The molecule has 0 N–H and O–H groups in total. The lowest BCUT2D eigenvalue weighted by atomic mass is 10.1. The second-order valence-corrected chi connectivity index (χ2v) is 12.4. The minimum atomic E-state index is 0. The van der Waals surface area contributed by atoms with E-state index in [9.17, 15) is 0 Å². The van der Waals surface area contributed by atoms with Gasteiger partial charge in [0.25, 0.3) is 0 Å². The molecule has 0 aliphatic rings. The lowest BCUT2D eigenvalue weighted by Crippen LogP contribution is -2.06. The summed E-state index contributed by atoms with van der Waals surface area (Å²) in [6.07, 6.45) is 38.4. The molecular formula is C38H68Br2N4. The Balaban J connectivity index is 0.00000924. The molecule has 0 saturated heterocycles. The van der Waals surface area contributed by atoms with E-state index in [1.165, 1.54) is 141 Å². The minimum absolute atomic E-state index is 0. The molecule has 0 spiro atoms. The van der Waals surface area contributed by atoms with Gasteiger partial charge in [0.05, 0.1) is 10.7 Å². The van der Waals surface area contributed by atoms with Crippen LogP contribution in [0.1, 0.15) is 155 Å². The number of hydrogen-bond acceptors (Lipinski definition) is 2. The number of rotatable bonds is 27. The summed E-state index contributed by atoms with van der Waals surface area (Å²) in [5, 5.41) is 2.27. The summed E-state index contributed by atoms with van der Waals surface area (Å²) in [5.41, 5.74) is 0. The van der Waals surface area contributed by atoms with Crippen LogP contribution in [0.2, 0.25) is 0 Å². The second-order valence-electron chi connectivity index (χ2n) is 12.4. The molecule has 0 amide bonds. The van der Waals surface area contributed by atoms with Gasteiger partial charge in [0.15, 0.2) is 0 Å². The van der Waals surface area contributed by atoms with Crippen molar-refractivity contribution in [1.82, 2.24) is 9.13 Å². The van der Waals surface area contributed by atoms with E-state index in [1.807, 2.05) is 0 Å². The Morgan fingerprint density at radius 2 is 0.659 bits per heavy atom. The molecule has 6 heteroatoms. The Bertz CT molecular complexity index is 892. The van der Waals surface area contributed by atoms with Crippen molar-refractivity contribution in [3.05, 3.63) is 59.8 Å². The van der Waals surface area contributed by atoms with E-state index in [0.29, 0.717) is 0 Å². The van der Waals surface area contributed by atoms with Crippen molar-refractivity contribution in [2.45, 2.75) is 168 Å². The van der Waals surface area contributed by atoms with Crippen molar-refractivity contribution in [3.63, 3.8) is 0 Å². The van der Waals surface area contributed by atoms with E-state index in [1.54, 1.807) is 0 Å². The van der Waals surface area contributed by atoms with Crippen LogP contribution >= 0.6 is 34.0 Å². The van der Waals surface area contributed by atoms with E-state index >= 15 is 0 Å². The highest BCUT2D eigenvalue weighted by atomic mass is 79.9. The molecule has 0 aromatic carbocycles. The van der Waals surface area contributed by atoms with Gasteiger partial charge in [-0.1, -0.05) is 129 Å². The summed E-state index contributed by atoms with van der Waals surface area (Å²) < 4.78 is 4.64. The molecule has 2 aromatic heterocycles. The second kappa shape index (κ2) is 31.8. The van der Waals surface area contributed by atoms with Gasteiger partial charge in [0.2, 0.25) is 0 Å². The number of halogens is 2. The summed E-state index contributed by atoms with van der Waals surface area (Å²) in [7, 11) is 0. The molecule has 254 valence electrons. The van der Waals surface area contributed by atoms with Crippen molar-refractivity contribution in [2.24, 2.45) is 9.98 Å². The average molecular weight is 741 g/mol. The normalized spacial score (nSPS) is 10.7. The van der Waals surface area contributed by atoms with Gasteiger partial charge in [-0.25, -0.2) is 0 Å². The molecule has 2 aromatic rings. The monoisotopic (exact) mass is 738 g/mol. The van der Waals surface area contributed by atoms with Crippen LogP contribution in [0.5, 0.6) is 0 Å². The Morgan fingerprint density at radius 1 is 0.386 bits per heavy atom. The van der Waals surface area contributed by atoms with Crippen LogP contribution in [0.15, 0.2) is 59.0 Å². The molecule has 0 fully saturated rings. The van der Waals surface area contributed by atoms with Gasteiger partial charge in [-0.05, 0) is 49.9 Å². The predicted octanol–water partition coefficient (Wildman–Crippen LogP) is 11.6. The van der Waals surface area contributed by atoms with Crippen molar-refractivity contribution in [3.8, 4) is 0 Å². The fraction of sp³-hybridized carbons (Fsp3) is 0.737. The van der Waals surface area contributed by atoms with E-state index in [2.05, 4.69) is 72.0 Å². The molecule has 0 radical (unpaired) electrons. The first-order valence-corrected chi connectivity index (χ1v) is 18.1. The zero-order valence-corrected chi connectivity index (χ0v) is 32.0. The molecule has 0 bridgehead atoms. The van der Waals surface area contributed by atoms with Crippen LogP contribution in [0.25, 0.3) is 0 Å². The predicted molar refractivity (Wildman–Crippen MR) is 203 cm³/mol. The van der Waals surface area contributed by atoms with Gasteiger partial charge >= 0.3 is 0 Å². The number of unbranched alkanes of at least 4 members (excludes halogenated alkanes) is 19. The van der Waals surface area contributed by atoms with Crippen molar-refractivity contribution in [2.75, 3.05) is 13.1 Å². The highest BCUT2D eigenvalue weighted by Gasteiger charge is 1.96. The molecular weight excluding hydrogens is 672 g/mol. The maximum absolute atomic E-state index is 4.74. The number of nitrogens with zero attached hydrogens (tertiary/aromatic N) is 4. The fourth-order valence-electron chi connectivity index (χ4n) is 5.61. The van der Waals surface area contributed by atoms with Gasteiger partial charge in [0, 0.05) is 51.0 Å². The average Bonchev–Trinajstić information content (AvgIpc) is 3.02. The molecule has 0 unspecified atom stereocenters. The van der Waals surface area contributed by atoms with Gasteiger partial charge in [0.1, 0.15) is 0 Å². The van der Waals surface area contributed by atoms with E-state index in [0.717, 1.165) is 36.9 Å². The Morgan fingerprint density at radius 3 is 0.977 bits per heavy atom. The first-order valence-electron chi connectivity index (χ1n) is 18.1. The van der Waals surface area contributed by atoms with E-state index < -0.39 is 0 Å². The molecule has 0 aliphatic heterocycles. The SMILES string of the molecule is Br.Br.CCCCCCCCN=c1ccn(CCCCCCCCCCCCn2ccc(=NCCCCCCCC)cc2)cc1. The summed E-state index contributed by atoms with van der Waals surface area (Å²) >= 11 is 0. The summed E-state index contributed by atoms with van der Waals surface area (Å²) in [6, 6.07) is 8.72. The van der Waals surface area contributed by atoms with Crippen LogP contribution in [-0.2, 0) is 13.1 Å². The Labute approximate surface area is 292 Å². The number of hydrogen-bond donors (Lipinski definition) is 0. The largest absolute Gasteiger partial charge is 0.354 e. The molecule has 0 saturated carbocycles. The van der Waals surface area contributed by atoms with Crippen molar-refractivity contribution >= 4 is 34.0 Å². The minimum Gasteiger partial charge on any atom is -0.354 e. The highest BCUT2D eigenvalue weighted by molar-refractivity contribution is 8.93. The molecule has 0 aliphatic carbocycles. The maximum atomic E-state index is 4.74. The van der Waals surface area contributed by atoms with Crippen LogP contribution in [0, 0.1) is 0 Å². The third-order valence-corrected chi connectivity index (χ3v) is 8.44. The van der Waals surface area contributed by atoms with Crippen LogP contribution in [0.3, 0.4) is 0 Å². The highest BCUT2D eigenvalue weighted by Crippen LogP contribution is 2.12. The lowest BCUT2D eigenvalue weighted by molar-refractivity contribution is 0.521. The number of aromatic nitrogens is 2. The Hall–Kier alpha value is -1.14. The number of aryl methyl sites for hydroxylation is 2. The van der Waals surface area contributed by atoms with E-state index in [-0.39, 0.29) is 34.0 Å². The van der Waals surface area contributed by atoms with Crippen LogP contribution < -0.4 is 10.7 Å². The molecule has 4 nitrogen and oxygen atoms in total. The van der Waals surface area contributed by atoms with Crippen molar-refractivity contribution < 1.29 is 0 Å². The zero-order valence-electron chi connectivity index (χ0n) is 28.6. The molecule has 2 rings (SSSR count). The lowest BCUT2D eigenvalue weighted by Gasteiger charge is -2.07. The zero-order chi connectivity index (χ0) is 29.8. The molecule has 2 heterocycles. The van der Waals surface area contributed by atoms with Gasteiger partial charge in [-0.2, -0.15) is 0 Å². The summed E-state index contributed by atoms with van der Waals surface area (Å²) in [6.45, 7) is 8.76. The molecule has 0 atom stereocenters. The molecule has 44 heavy (non-hydrogen) atoms. The standard InChI is InChI=1S/C38H66N4.2BrH/c1-3-5-7-9-17-21-29-39-37-25-33-41(34-26-37)31-23-19-15-13-11-12-14-16-20-24-32-42-35-27-38(28-36-42)40-30-22-18-10-8-6-4-2;;/h25-28,33-36H,3-24,29-32H2,1-2H3;2*1H. The third kappa shape index (κ3) is 24.1. The van der Waals surface area contributed by atoms with Gasteiger partial charge in [-0.15, -0.1) is 34.0 Å². The Kier molecular flexibility index (Phi) is 31.0. The summed E-state index contributed by atoms with van der Waals surface area (Å²) in [5.74, 6) is 0. The smallest absolute Gasteiger partial charge is 0.0603 e. The van der Waals surface area contributed by atoms with Crippen LogP contribution in [0.4, 0.5) is 0 Å². The van der Waals surface area contributed by atoms with Crippen molar-refractivity contribution in [1.29, 1.82) is 0 Å². The summed E-state index contributed by atoms with van der Waals surface area (Å²) in [4.78, 5) is 9.49. The first-order chi connectivity index (χ1) is 20.8. The van der Waals surface area contributed by atoms with Gasteiger partial charge < -0.3 is 9.13 Å². The van der Waals surface area contributed by atoms with Gasteiger partial charge in [-0.3, -0.25) is 9.98 Å².